The average Bonchev–Trinajstić information content (AvgIpc) is 2.62. The van der Waals surface area contributed by atoms with Crippen molar-refractivity contribution in [1.82, 2.24) is 5.32 Å². The Morgan fingerprint density at radius 3 is 2.25 bits per heavy atom. The zero-order valence-corrected chi connectivity index (χ0v) is 18.6. The van der Waals surface area contributed by atoms with Crippen LogP contribution >= 0.6 is 11.6 Å². The predicted molar refractivity (Wildman–Crippen MR) is 113 cm³/mol. The fraction of sp³-hybridized carbons (Fsp3) is 0.318. The van der Waals surface area contributed by atoms with Gasteiger partial charge in [-0.2, -0.15) is 0 Å². The average molecular weight is 471 g/mol. The summed E-state index contributed by atoms with van der Waals surface area (Å²) in [5.74, 6) is -5.22. The van der Waals surface area contributed by atoms with E-state index in [0.717, 1.165) is 0 Å². The topological polar surface area (TPSA) is 84.5 Å². The number of alkyl carbamates (subject to hydrolysis) is 1. The first kappa shape index (κ1) is 25.2. The Morgan fingerprint density at radius 1 is 1.09 bits per heavy atom. The largest absolute Gasteiger partial charge is 0.444 e. The van der Waals surface area contributed by atoms with Gasteiger partial charge in [0.2, 0.25) is 0 Å². The quantitative estimate of drug-likeness (QED) is 0.620. The third kappa shape index (κ3) is 6.71. The Balaban J connectivity index is 2.22. The third-order valence-electron chi connectivity index (χ3n) is 4.15. The monoisotopic (exact) mass is 470 g/mol. The van der Waals surface area contributed by atoms with Crippen LogP contribution in [0.15, 0.2) is 30.3 Å². The first-order valence-corrected chi connectivity index (χ1v) is 9.92. The number of nitrogens with one attached hydrogen (secondary N) is 2. The third-order valence-corrected chi connectivity index (χ3v) is 4.47. The SMILES string of the molecule is CC(NC(=O)OC(C)(C)C)C(=O)Cc1cccc(Cl)c1C(=O)Nc1c(F)cc(F)cc1F. The minimum absolute atomic E-state index is 0.0662. The molecule has 2 N–H and O–H groups in total. The molecule has 0 aliphatic carbocycles. The molecule has 0 fully saturated rings. The molecule has 1 atom stereocenters. The van der Waals surface area contributed by atoms with Crippen LogP contribution in [0.3, 0.4) is 0 Å². The lowest BCUT2D eigenvalue weighted by atomic mass is 9.99. The summed E-state index contributed by atoms with van der Waals surface area (Å²) in [6, 6.07) is 4.18. The van der Waals surface area contributed by atoms with Gasteiger partial charge >= 0.3 is 6.09 Å². The Bertz CT molecular complexity index is 1030. The highest BCUT2D eigenvalue weighted by molar-refractivity contribution is 6.34. The van der Waals surface area contributed by atoms with Crippen molar-refractivity contribution in [2.45, 2.75) is 45.8 Å². The van der Waals surface area contributed by atoms with Gasteiger partial charge in [0.25, 0.3) is 5.91 Å². The Labute approximate surface area is 188 Å². The van der Waals surface area contributed by atoms with Gasteiger partial charge in [-0.25, -0.2) is 18.0 Å². The highest BCUT2D eigenvalue weighted by Crippen LogP contribution is 2.25. The maximum absolute atomic E-state index is 13.9. The molecule has 0 saturated carbocycles. The first-order valence-electron chi connectivity index (χ1n) is 9.54. The van der Waals surface area contributed by atoms with Gasteiger partial charge in [-0.15, -0.1) is 0 Å². The molecule has 10 heteroatoms. The molecule has 2 rings (SSSR count). The van der Waals surface area contributed by atoms with Crippen LogP contribution in [0.4, 0.5) is 23.7 Å². The zero-order valence-electron chi connectivity index (χ0n) is 17.8. The molecule has 0 heterocycles. The second-order valence-corrected chi connectivity index (χ2v) is 8.39. The summed E-state index contributed by atoms with van der Waals surface area (Å²) in [6.45, 7) is 6.45. The molecule has 172 valence electrons. The van der Waals surface area contributed by atoms with Gasteiger partial charge in [0.05, 0.1) is 16.6 Å². The molecular weight excluding hydrogens is 449 g/mol. The molecule has 0 radical (unpaired) electrons. The summed E-state index contributed by atoms with van der Waals surface area (Å²) >= 11 is 6.11. The number of hydrogen-bond acceptors (Lipinski definition) is 4. The minimum Gasteiger partial charge on any atom is -0.444 e. The van der Waals surface area contributed by atoms with Gasteiger partial charge in [0.15, 0.2) is 17.4 Å². The summed E-state index contributed by atoms with van der Waals surface area (Å²) in [5, 5.41) is 4.36. The number of ketones is 1. The standard InChI is InChI=1S/C22H22ClF3N2O4/c1-11(27-21(31)32-22(2,3)4)17(29)8-12-6-5-7-14(23)18(12)20(30)28-19-15(25)9-13(24)10-16(19)26/h5-7,9-11H,8H2,1-4H3,(H,27,31)(H,28,30). The molecule has 0 spiro atoms. The van der Waals surface area contributed by atoms with Gasteiger partial charge in [0.1, 0.15) is 17.1 Å². The van der Waals surface area contributed by atoms with Crippen molar-refractivity contribution in [3.63, 3.8) is 0 Å². The number of carbonyl (C=O) groups excluding carboxylic acids is 3. The van der Waals surface area contributed by atoms with Crippen LogP contribution in [-0.4, -0.2) is 29.4 Å². The van der Waals surface area contributed by atoms with Crippen LogP contribution in [0.1, 0.15) is 43.6 Å². The van der Waals surface area contributed by atoms with Crippen molar-refractivity contribution in [1.29, 1.82) is 0 Å². The number of benzene rings is 2. The maximum atomic E-state index is 13.9. The molecule has 2 aromatic rings. The molecule has 2 amide bonds. The van der Waals surface area contributed by atoms with Gasteiger partial charge in [-0.3, -0.25) is 9.59 Å². The number of rotatable bonds is 6. The van der Waals surface area contributed by atoms with E-state index >= 15 is 0 Å². The van der Waals surface area contributed by atoms with Gasteiger partial charge in [0, 0.05) is 18.6 Å². The van der Waals surface area contributed by atoms with Crippen molar-refractivity contribution in [2.75, 3.05) is 5.32 Å². The highest BCUT2D eigenvalue weighted by Gasteiger charge is 2.24. The van der Waals surface area contributed by atoms with Crippen LogP contribution in [0.2, 0.25) is 5.02 Å². The van der Waals surface area contributed by atoms with Crippen LogP contribution in [0.5, 0.6) is 0 Å². The van der Waals surface area contributed by atoms with E-state index in [4.69, 9.17) is 16.3 Å². The van der Waals surface area contributed by atoms with Crippen molar-refractivity contribution in [2.24, 2.45) is 0 Å². The summed E-state index contributed by atoms with van der Waals surface area (Å²) in [4.78, 5) is 37.2. The normalized spacial score (nSPS) is 12.1. The number of amides is 2. The van der Waals surface area contributed by atoms with E-state index in [0.29, 0.717) is 12.1 Å². The van der Waals surface area contributed by atoms with E-state index in [1.165, 1.54) is 25.1 Å². The summed E-state index contributed by atoms with van der Waals surface area (Å²) in [5.41, 5.74) is -1.62. The number of carbonyl (C=O) groups is 3. The van der Waals surface area contributed by atoms with Crippen LogP contribution in [-0.2, 0) is 16.0 Å². The summed E-state index contributed by atoms with van der Waals surface area (Å²) in [6.07, 6.45) is -1.10. The van der Waals surface area contributed by atoms with Crippen LogP contribution in [0, 0.1) is 17.5 Å². The molecule has 6 nitrogen and oxygen atoms in total. The predicted octanol–water partition coefficient (Wildman–Crippen LogP) is 5.03. The van der Waals surface area contributed by atoms with Crippen molar-refractivity contribution in [3.05, 3.63) is 63.9 Å². The molecule has 0 aliphatic rings. The lowest BCUT2D eigenvalue weighted by Crippen LogP contribution is -2.42. The lowest BCUT2D eigenvalue weighted by molar-refractivity contribution is -0.120. The maximum Gasteiger partial charge on any atom is 0.408 e. The number of hydrogen-bond donors (Lipinski definition) is 2. The number of halogens is 4. The summed E-state index contributed by atoms with van der Waals surface area (Å²) in [7, 11) is 0. The van der Waals surface area contributed by atoms with E-state index in [-0.39, 0.29) is 22.6 Å². The van der Waals surface area contributed by atoms with E-state index in [1.807, 2.05) is 5.32 Å². The van der Waals surface area contributed by atoms with Crippen LogP contribution < -0.4 is 10.6 Å². The molecule has 32 heavy (non-hydrogen) atoms. The number of anilines is 1. The van der Waals surface area contributed by atoms with E-state index in [1.54, 1.807) is 20.8 Å². The van der Waals surface area contributed by atoms with E-state index in [2.05, 4.69) is 5.32 Å². The highest BCUT2D eigenvalue weighted by atomic mass is 35.5. The van der Waals surface area contributed by atoms with Crippen molar-refractivity contribution >= 4 is 35.1 Å². The Kier molecular flexibility index (Phi) is 7.90. The molecule has 0 aliphatic heterocycles. The minimum atomic E-state index is -1.31. The van der Waals surface area contributed by atoms with E-state index in [9.17, 15) is 27.6 Å². The zero-order chi connectivity index (χ0) is 24.2. The van der Waals surface area contributed by atoms with E-state index < -0.39 is 52.6 Å². The molecular formula is C22H22ClF3N2O4. The van der Waals surface area contributed by atoms with Gasteiger partial charge in [-0.1, -0.05) is 23.7 Å². The Hall–Kier alpha value is -3.07. The molecule has 0 saturated heterocycles. The molecule has 1 unspecified atom stereocenters. The van der Waals surface area contributed by atoms with Gasteiger partial charge in [-0.05, 0) is 39.3 Å². The fourth-order valence-corrected chi connectivity index (χ4v) is 2.99. The number of ether oxygens (including phenoxy) is 1. The smallest absolute Gasteiger partial charge is 0.408 e. The second-order valence-electron chi connectivity index (χ2n) is 7.98. The number of Topliss-reactive ketones (excluding diaryl/α,β-unsaturated/α-hetero) is 1. The second kappa shape index (κ2) is 10.0. The lowest BCUT2D eigenvalue weighted by Gasteiger charge is -2.21. The van der Waals surface area contributed by atoms with Crippen molar-refractivity contribution in [3.8, 4) is 0 Å². The van der Waals surface area contributed by atoms with Crippen molar-refractivity contribution < 1.29 is 32.3 Å². The molecule has 0 aromatic heterocycles. The molecule has 2 aromatic carbocycles. The Morgan fingerprint density at radius 2 is 1.69 bits per heavy atom. The molecule has 0 bridgehead atoms. The van der Waals surface area contributed by atoms with Crippen LogP contribution in [0.25, 0.3) is 0 Å². The first-order chi connectivity index (χ1) is 14.8. The summed E-state index contributed by atoms with van der Waals surface area (Å²) < 4.78 is 46.0. The van der Waals surface area contributed by atoms with Gasteiger partial charge < -0.3 is 15.4 Å². The fourth-order valence-electron chi connectivity index (χ4n) is 2.71.